The summed E-state index contributed by atoms with van der Waals surface area (Å²) in [5, 5.41) is 0.747. The number of halogens is 1. The number of benzene rings is 1. The molecule has 1 heterocycles. The second-order valence-corrected chi connectivity index (χ2v) is 4.97. The normalized spacial score (nSPS) is 16.8. The van der Waals surface area contributed by atoms with Gasteiger partial charge in [0, 0.05) is 11.4 Å². The highest BCUT2D eigenvalue weighted by Gasteiger charge is 2.14. The first kappa shape index (κ1) is 13.7. The lowest BCUT2D eigenvalue weighted by atomic mass is 10.1. The lowest BCUT2D eigenvalue weighted by Crippen LogP contribution is -2.26. The fourth-order valence-electron chi connectivity index (χ4n) is 2.09. The van der Waals surface area contributed by atoms with Crippen LogP contribution in [-0.4, -0.2) is 26.1 Å². The van der Waals surface area contributed by atoms with Gasteiger partial charge in [0.25, 0.3) is 0 Å². The van der Waals surface area contributed by atoms with E-state index >= 15 is 0 Å². The molecule has 1 fully saturated rings. The Kier molecular flexibility index (Phi) is 4.87. The molecule has 2 rings (SSSR count). The maximum atomic E-state index is 5.98. The summed E-state index contributed by atoms with van der Waals surface area (Å²) in [7, 11) is 0. The zero-order chi connectivity index (χ0) is 13.0. The lowest BCUT2D eigenvalue weighted by molar-refractivity contribution is -0.183. The molecule has 0 aliphatic carbocycles. The Morgan fingerprint density at radius 3 is 2.44 bits per heavy atom. The van der Waals surface area contributed by atoms with Gasteiger partial charge in [0.2, 0.25) is 0 Å². The van der Waals surface area contributed by atoms with E-state index in [1.165, 1.54) is 0 Å². The van der Waals surface area contributed by atoms with Crippen LogP contribution < -0.4 is 4.74 Å². The van der Waals surface area contributed by atoms with Crippen molar-refractivity contribution in [3.63, 3.8) is 0 Å². The summed E-state index contributed by atoms with van der Waals surface area (Å²) in [4.78, 5) is 0. The quantitative estimate of drug-likeness (QED) is 0.838. The molecule has 1 aliphatic heterocycles. The largest absolute Gasteiger partial charge is 0.493 e. The number of ether oxygens (including phenoxy) is 3. The summed E-state index contributed by atoms with van der Waals surface area (Å²) < 4.78 is 16.8. The first-order chi connectivity index (χ1) is 8.66. The fourth-order valence-corrected chi connectivity index (χ4v) is 2.41. The molecule has 100 valence electrons. The van der Waals surface area contributed by atoms with Crippen LogP contribution in [0.4, 0.5) is 0 Å². The van der Waals surface area contributed by atoms with Crippen molar-refractivity contribution in [2.45, 2.75) is 33.0 Å². The van der Waals surface area contributed by atoms with Gasteiger partial charge in [-0.25, -0.2) is 0 Å². The van der Waals surface area contributed by atoms with Crippen molar-refractivity contribution >= 4 is 11.6 Å². The van der Waals surface area contributed by atoms with Crippen LogP contribution in [0, 0.1) is 13.8 Å². The Labute approximate surface area is 113 Å². The standard InChI is InChI=1S/C14H19ClO3/c1-10-8-12(15)9-11(2)14(10)18-7-4-13-16-5-3-6-17-13/h8-9,13H,3-7H2,1-2H3. The highest BCUT2D eigenvalue weighted by molar-refractivity contribution is 6.30. The first-order valence-electron chi connectivity index (χ1n) is 6.29. The highest BCUT2D eigenvalue weighted by atomic mass is 35.5. The van der Waals surface area contributed by atoms with E-state index in [9.17, 15) is 0 Å². The lowest BCUT2D eigenvalue weighted by Gasteiger charge is -2.23. The summed E-state index contributed by atoms with van der Waals surface area (Å²) >= 11 is 5.98. The van der Waals surface area contributed by atoms with Gasteiger partial charge in [0.1, 0.15) is 5.75 Å². The summed E-state index contributed by atoms with van der Waals surface area (Å²) in [6, 6.07) is 3.83. The summed E-state index contributed by atoms with van der Waals surface area (Å²) in [5.74, 6) is 0.912. The number of rotatable bonds is 4. The third-order valence-electron chi connectivity index (χ3n) is 2.92. The predicted molar refractivity (Wildman–Crippen MR) is 71.3 cm³/mol. The average molecular weight is 271 g/mol. The van der Waals surface area contributed by atoms with Crippen molar-refractivity contribution < 1.29 is 14.2 Å². The molecule has 0 N–H and O–H groups in total. The van der Waals surface area contributed by atoms with E-state index in [0.717, 1.165) is 48.0 Å². The molecule has 0 amide bonds. The zero-order valence-corrected chi connectivity index (χ0v) is 11.6. The maximum Gasteiger partial charge on any atom is 0.160 e. The molecule has 0 unspecified atom stereocenters. The number of hydrogen-bond acceptors (Lipinski definition) is 3. The van der Waals surface area contributed by atoms with Gasteiger partial charge < -0.3 is 14.2 Å². The van der Waals surface area contributed by atoms with Gasteiger partial charge in [-0.2, -0.15) is 0 Å². The van der Waals surface area contributed by atoms with Crippen LogP contribution in [0.1, 0.15) is 24.0 Å². The molecule has 0 atom stereocenters. The molecule has 1 aromatic carbocycles. The third-order valence-corrected chi connectivity index (χ3v) is 3.14. The SMILES string of the molecule is Cc1cc(Cl)cc(C)c1OCCC1OCCCO1. The van der Waals surface area contributed by atoms with Gasteiger partial charge in [0.05, 0.1) is 19.8 Å². The van der Waals surface area contributed by atoms with E-state index in [0.29, 0.717) is 6.61 Å². The van der Waals surface area contributed by atoms with Crippen LogP contribution in [-0.2, 0) is 9.47 Å². The van der Waals surface area contributed by atoms with Gasteiger partial charge in [-0.15, -0.1) is 0 Å². The van der Waals surface area contributed by atoms with E-state index in [-0.39, 0.29) is 6.29 Å². The van der Waals surface area contributed by atoms with Gasteiger partial charge in [0.15, 0.2) is 6.29 Å². The van der Waals surface area contributed by atoms with Gasteiger partial charge in [-0.05, 0) is 43.5 Å². The second-order valence-electron chi connectivity index (χ2n) is 4.53. The minimum absolute atomic E-state index is 0.119. The summed E-state index contributed by atoms with van der Waals surface area (Å²) in [6.07, 6.45) is 1.61. The van der Waals surface area contributed by atoms with Crippen LogP contribution in [0.2, 0.25) is 5.02 Å². The molecule has 0 spiro atoms. The van der Waals surface area contributed by atoms with E-state index in [4.69, 9.17) is 25.8 Å². The summed E-state index contributed by atoms with van der Waals surface area (Å²) in [6.45, 7) is 6.16. The third kappa shape index (κ3) is 3.61. The van der Waals surface area contributed by atoms with E-state index < -0.39 is 0 Å². The van der Waals surface area contributed by atoms with Crippen molar-refractivity contribution in [2.75, 3.05) is 19.8 Å². The smallest absolute Gasteiger partial charge is 0.160 e. The second kappa shape index (κ2) is 6.41. The molecule has 0 radical (unpaired) electrons. The number of aryl methyl sites for hydroxylation is 2. The molecule has 0 aromatic heterocycles. The molecule has 3 nitrogen and oxygen atoms in total. The van der Waals surface area contributed by atoms with Gasteiger partial charge >= 0.3 is 0 Å². The Hall–Kier alpha value is -0.770. The van der Waals surface area contributed by atoms with Crippen molar-refractivity contribution in [2.24, 2.45) is 0 Å². The molecule has 1 aliphatic rings. The van der Waals surface area contributed by atoms with Crippen LogP contribution in [0.25, 0.3) is 0 Å². The van der Waals surface area contributed by atoms with Crippen LogP contribution >= 0.6 is 11.6 Å². The van der Waals surface area contributed by atoms with Crippen molar-refractivity contribution in [1.29, 1.82) is 0 Å². The molecule has 1 aromatic rings. The molecular weight excluding hydrogens is 252 g/mol. The Morgan fingerprint density at radius 1 is 1.22 bits per heavy atom. The van der Waals surface area contributed by atoms with E-state index in [2.05, 4.69) is 0 Å². The van der Waals surface area contributed by atoms with Crippen molar-refractivity contribution in [1.82, 2.24) is 0 Å². The van der Waals surface area contributed by atoms with Crippen molar-refractivity contribution in [3.05, 3.63) is 28.3 Å². The highest BCUT2D eigenvalue weighted by Crippen LogP contribution is 2.27. The van der Waals surface area contributed by atoms with Crippen LogP contribution in [0.3, 0.4) is 0 Å². The van der Waals surface area contributed by atoms with Crippen molar-refractivity contribution in [3.8, 4) is 5.75 Å². The van der Waals surface area contributed by atoms with Crippen LogP contribution in [0.15, 0.2) is 12.1 Å². The zero-order valence-electron chi connectivity index (χ0n) is 10.9. The summed E-state index contributed by atoms with van der Waals surface area (Å²) in [5.41, 5.74) is 2.12. The molecular formula is C14H19ClO3. The Bertz CT molecular complexity index is 377. The van der Waals surface area contributed by atoms with E-state index in [1.807, 2.05) is 26.0 Å². The first-order valence-corrected chi connectivity index (χ1v) is 6.67. The molecule has 0 bridgehead atoms. The molecule has 18 heavy (non-hydrogen) atoms. The average Bonchev–Trinajstić information content (AvgIpc) is 2.34. The number of hydrogen-bond donors (Lipinski definition) is 0. The maximum absolute atomic E-state index is 5.98. The van der Waals surface area contributed by atoms with Crippen LogP contribution in [0.5, 0.6) is 5.75 Å². The minimum atomic E-state index is -0.119. The minimum Gasteiger partial charge on any atom is -0.493 e. The monoisotopic (exact) mass is 270 g/mol. The molecule has 1 saturated heterocycles. The fraction of sp³-hybridized carbons (Fsp3) is 0.571. The predicted octanol–water partition coefficient (Wildman–Crippen LogP) is 3.49. The van der Waals surface area contributed by atoms with Gasteiger partial charge in [-0.3, -0.25) is 0 Å². The molecule has 0 saturated carbocycles. The van der Waals surface area contributed by atoms with Gasteiger partial charge in [-0.1, -0.05) is 11.6 Å². The Balaban J connectivity index is 1.86. The van der Waals surface area contributed by atoms with E-state index in [1.54, 1.807) is 0 Å². The Morgan fingerprint density at radius 2 is 1.83 bits per heavy atom. The molecule has 4 heteroatoms. The topological polar surface area (TPSA) is 27.7 Å².